The molecular weight excluding hydrogens is 535 g/mol. The molecule has 1 fully saturated rings. The first kappa shape index (κ1) is 28.7. The number of fused-ring (bicyclic) bond motifs is 1. The van der Waals surface area contributed by atoms with Gasteiger partial charge in [-0.05, 0) is 43.2 Å². The lowest BCUT2D eigenvalue weighted by atomic mass is 9.66. The van der Waals surface area contributed by atoms with E-state index in [4.69, 9.17) is 11.6 Å². The molecule has 208 valence electrons. The van der Waals surface area contributed by atoms with E-state index >= 15 is 0 Å². The van der Waals surface area contributed by atoms with Gasteiger partial charge in [0, 0.05) is 29.6 Å². The van der Waals surface area contributed by atoms with E-state index < -0.39 is 40.8 Å². The van der Waals surface area contributed by atoms with Gasteiger partial charge in [-0.15, -0.1) is 0 Å². The highest BCUT2D eigenvalue weighted by Crippen LogP contribution is 2.46. The van der Waals surface area contributed by atoms with Crippen molar-refractivity contribution in [3.05, 3.63) is 64.7 Å². The van der Waals surface area contributed by atoms with Crippen molar-refractivity contribution in [2.24, 2.45) is 11.3 Å². The number of pyridine rings is 1. The van der Waals surface area contributed by atoms with E-state index in [-0.39, 0.29) is 29.2 Å². The Kier molecular flexibility index (Phi) is 7.61. The molecule has 12 heteroatoms. The lowest BCUT2D eigenvalue weighted by molar-refractivity contribution is -0.156. The fraction of sp³-hybridized carbons (Fsp3) is 0.444. The summed E-state index contributed by atoms with van der Waals surface area (Å²) >= 11 is 6.00. The first-order valence-corrected chi connectivity index (χ1v) is 12.8. The Hall–Kier alpha value is -3.31. The van der Waals surface area contributed by atoms with Crippen LogP contribution < -0.4 is 5.32 Å². The zero-order valence-electron chi connectivity index (χ0n) is 21.9. The predicted molar refractivity (Wildman–Crippen MR) is 139 cm³/mol. The number of alkyl halides is 3. The van der Waals surface area contributed by atoms with Gasteiger partial charge in [0.15, 0.2) is 5.69 Å². The Morgan fingerprint density at radius 2 is 1.77 bits per heavy atom. The van der Waals surface area contributed by atoms with Gasteiger partial charge < -0.3 is 15.3 Å². The third-order valence-electron chi connectivity index (χ3n) is 7.57. The zero-order chi connectivity index (χ0) is 28.8. The molecule has 3 atom stereocenters. The highest BCUT2D eigenvalue weighted by molar-refractivity contribution is 6.30. The monoisotopic (exact) mass is 563 g/mol. The molecule has 39 heavy (non-hydrogen) atoms. The molecule has 0 aliphatic carbocycles. The largest absolute Gasteiger partial charge is 0.433 e. The smallest absolute Gasteiger partial charge is 0.384 e. The maximum atomic E-state index is 13.4. The highest BCUT2D eigenvalue weighted by atomic mass is 35.5. The number of benzene rings is 1. The first-order valence-electron chi connectivity index (χ1n) is 12.4. The molecule has 2 amide bonds. The number of hydrogen-bond donors (Lipinski definition) is 2. The van der Waals surface area contributed by atoms with Crippen molar-refractivity contribution in [1.82, 2.24) is 25.2 Å². The van der Waals surface area contributed by atoms with Crippen molar-refractivity contribution in [2.45, 2.75) is 51.9 Å². The van der Waals surface area contributed by atoms with E-state index in [0.29, 0.717) is 18.0 Å². The minimum Gasteiger partial charge on any atom is -0.384 e. The van der Waals surface area contributed by atoms with E-state index in [1.54, 1.807) is 43.0 Å². The molecule has 1 aliphatic heterocycles. The summed E-state index contributed by atoms with van der Waals surface area (Å²) in [6, 6.07) is 8.23. The minimum atomic E-state index is -4.70. The predicted octanol–water partition coefficient (Wildman–Crippen LogP) is 4.60. The van der Waals surface area contributed by atoms with Crippen molar-refractivity contribution < 1.29 is 27.9 Å². The van der Waals surface area contributed by atoms with Crippen LogP contribution >= 0.6 is 11.6 Å². The fourth-order valence-corrected chi connectivity index (χ4v) is 5.06. The summed E-state index contributed by atoms with van der Waals surface area (Å²) in [6.45, 7) is 7.65. The van der Waals surface area contributed by atoms with E-state index in [1.807, 2.05) is 13.8 Å². The summed E-state index contributed by atoms with van der Waals surface area (Å²) < 4.78 is 39.5. The van der Waals surface area contributed by atoms with Gasteiger partial charge in [0.25, 0.3) is 5.91 Å². The van der Waals surface area contributed by atoms with Crippen molar-refractivity contribution >= 4 is 34.4 Å². The molecule has 1 aromatic carbocycles. The average Bonchev–Trinajstić information content (AvgIpc) is 2.88. The second kappa shape index (κ2) is 10.3. The number of hydrogen-bond acceptors (Lipinski definition) is 6. The number of amides is 2. The lowest BCUT2D eigenvalue weighted by Crippen LogP contribution is -2.58. The number of nitrogens with zero attached hydrogens (tertiary/aromatic N) is 4. The molecule has 1 saturated heterocycles. The van der Waals surface area contributed by atoms with E-state index in [0.717, 1.165) is 24.0 Å². The van der Waals surface area contributed by atoms with E-state index in [1.165, 1.54) is 0 Å². The van der Waals surface area contributed by atoms with Crippen LogP contribution in [0.2, 0.25) is 5.02 Å². The fourth-order valence-electron chi connectivity index (χ4n) is 4.94. The molecule has 3 aromatic rings. The van der Waals surface area contributed by atoms with Crippen LogP contribution in [-0.4, -0.2) is 55.9 Å². The van der Waals surface area contributed by atoms with E-state index in [9.17, 15) is 27.9 Å². The molecule has 3 heterocycles. The average molecular weight is 564 g/mol. The molecule has 0 bridgehead atoms. The molecule has 1 unspecified atom stereocenters. The lowest BCUT2D eigenvalue weighted by Gasteiger charge is -2.51. The molecule has 0 saturated carbocycles. The summed E-state index contributed by atoms with van der Waals surface area (Å²) in [5, 5.41) is 14.8. The standard InChI is InChI=1S/C27H29ClF3N5O3/c1-15(24(38)36-12-11-26(39,25(3,4)13-36)17-5-7-18(28)8-6-17)16(2)34-23(37)22-21-19(32-14-33-22)9-10-20(35-21)27(29,30)31/h5-10,14-16,39H,11-13H2,1-4H3,(H,34,37)/t15-,16?,26+/m1/s1. The van der Waals surface area contributed by atoms with Crippen molar-refractivity contribution in [1.29, 1.82) is 0 Å². The van der Waals surface area contributed by atoms with Crippen LogP contribution in [0.4, 0.5) is 13.2 Å². The first-order chi connectivity index (χ1) is 18.1. The third-order valence-corrected chi connectivity index (χ3v) is 7.82. The minimum absolute atomic E-state index is 0.0867. The molecule has 4 rings (SSSR count). The van der Waals surface area contributed by atoms with Gasteiger partial charge in [0.05, 0.1) is 17.0 Å². The van der Waals surface area contributed by atoms with Crippen LogP contribution in [-0.2, 0) is 16.6 Å². The molecule has 2 N–H and O–H groups in total. The number of likely N-dealkylation sites (tertiary alicyclic amines) is 1. The van der Waals surface area contributed by atoms with Gasteiger partial charge >= 0.3 is 6.18 Å². The highest BCUT2D eigenvalue weighted by Gasteiger charge is 2.50. The van der Waals surface area contributed by atoms with Crippen molar-refractivity contribution in [3.8, 4) is 0 Å². The summed E-state index contributed by atoms with van der Waals surface area (Å²) in [4.78, 5) is 39.4. The van der Waals surface area contributed by atoms with Crippen LogP contribution in [0.5, 0.6) is 0 Å². The number of aromatic nitrogens is 3. The Balaban J connectivity index is 1.48. The van der Waals surface area contributed by atoms with Gasteiger partial charge in [-0.3, -0.25) is 9.59 Å². The maximum Gasteiger partial charge on any atom is 0.433 e. The normalized spacial score (nSPS) is 20.9. The number of piperidine rings is 1. The molecule has 8 nitrogen and oxygen atoms in total. The van der Waals surface area contributed by atoms with Gasteiger partial charge in [-0.2, -0.15) is 13.2 Å². The second-order valence-electron chi connectivity index (χ2n) is 10.6. The molecule has 2 aromatic heterocycles. The Morgan fingerprint density at radius 1 is 1.10 bits per heavy atom. The quantitative estimate of drug-likeness (QED) is 0.470. The number of carbonyl (C=O) groups is 2. The van der Waals surface area contributed by atoms with Crippen molar-refractivity contribution in [3.63, 3.8) is 0 Å². The van der Waals surface area contributed by atoms with Crippen LogP contribution in [0.25, 0.3) is 11.0 Å². The topological polar surface area (TPSA) is 108 Å². The second-order valence-corrected chi connectivity index (χ2v) is 11.0. The van der Waals surface area contributed by atoms with Gasteiger partial charge in [0.2, 0.25) is 5.91 Å². The number of aliphatic hydroxyl groups is 1. The molecular formula is C27H29ClF3N5O3. The maximum absolute atomic E-state index is 13.4. The van der Waals surface area contributed by atoms with Crippen LogP contribution in [0.15, 0.2) is 42.7 Å². The Bertz CT molecular complexity index is 1400. The number of halogens is 4. The van der Waals surface area contributed by atoms with E-state index in [2.05, 4.69) is 20.3 Å². The third kappa shape index (κ3) is 5.56. The molecule has 0 radical (unpaired) electrons. The summed E-state index contributed by atoms with van der Waals surface area (Å²) in [5.74, 6) is -1.66. The Morgan fingerprint density at radius 3 is 2.38 bits per heavy atom. The molecule has 1 aliphatic rings. The number of nitrogens with one attached hydrogen (secondary N) is 1. The van der Waals surface area contributed by atoms with Crippen LogP contribution in [0.3, 0.4) is 0 Å². The van der Waals surface area contributed by atoms with Crippen LogP contribution in [0, 0.1) is 11.3 Å². The van der Waals surface area contributed by atoms with Gasteiger partial charge in [0.1, 0.15) is 17.5 Å². The number of rotatable bonds is 5. The summed E-state index contributed by atoms with van der Waals surface area (Å²) in [7, 11) is 0. The Labute approximate surface area is 228 Å². The number of carbonyl (C=O) groups excluding carboxylic acids is 2. The molecule has 0 spiro atoms. The SMILES string of the molecule is CC(NC(=O)c1ncnc2ccc(C(F)(F)F)nc12)[C@@H](C)C(=O)N1CC[C@](O)(c2ccc(Cl)cc2)C(C)(C)C1. The summed E-state index contributed by atoms with van der Waals surface area (Å²) in [6.07, 6.45) is -3.32. The van der Waals surface area contributed by atoms with Crippen molar-refractivity contribution in [2.75, 3.05) is 13.1 Å². The van der Waals surface area contributed by atoms with Crippen LogP contribution in [0.1, 0.15) is 55.9 Å². The van der Waals surface area contributed by atoms with Gasteiger partial charge in [-0.25, -0.2) is 15.0 Å². The van der Waals surface area contributed by atoms with Gasteiger partial charge in [-0.1, -0.05) is 44.5 Å². The zero-order valence-corrected chi connectivity index (χ0v) is 22.6. The summed E-state index contributed by atoms with van der Waals surface area (Å²) in [5.41, 5.74) is -2.82.